The first-order valence-corrected chi connectivity index (χ1v) is 11.1. The highest BCUT2D eigenvalue weighted by Gasteiger charge is 2.42. The number of nitrogens with zero attached hydrogens (tertiary/aromatic N) is 3. The Morgan fingerprint density at radius 2 is 1.69 bits per heavy atom. The molecule has 8 heteroatoms. The Labute approximate surface area is 163 Å². The molecule has 3 aliphatic rings. The van der Waals surface area contributed by atoms with Gasteiger partial charge in [-0.1, -0.05) is 30.3 Å². The minimum absolute atomic E-state index is 0. The van der Waals surface area contributed by atoms with Gasteiger partial charge in [-0.15, -0.1) is 0 Å². The molecule has 0 saturated carbocycles. The highest BCUT2D eigenvalue weighted by atomic mass is 35.5. The van der Waals surface area contributed by atoms with E-state index in [1.165, 1.54) is 23.1 Å². The van der Waals surface area contributed by atoms with Crippen molar-refractivity contribution in [1.82, 2.24) is 14.7 Å². The van der Waals surface area contributed by atoms with Crippen molar-refractivity contribution in [3.05, 3.63) is 35.9 Å². The van der Waals surface area contributed by atoms with Gasteiger partial charge in [0.2, 0.25) is 0 Å². The van der Waals surface area contributed by atoms with E-state index in [0.29, 0.717) is 6.61 Å². The number of rotatable bonds is 3. The van der Waals surface area contributed by atoms with Crippen LogP contribution in [-0.4, -0.2) is 79.6 Å². The summed E-state index contributed by atoms with van der Waals surface area (Å²) in [5, 5.41) is 3.13. The Hall–Kier alpha value is -0.460. The number of hydrogen-bond acceptors (Lipinski definition) is 3. The fourth-order valence-corrected chi connectivity index (χ4v) is 6.21. The normalized spacial score (nSPS) is 30.0. The minimum atomic E-state index is -2.75. The lowest BCUT2D eigenvalue weighted by Gasteiger charge is -2.50. The van der Waals surface area contributed by atoms with Gasteiger partial charge in [0.25, 0.3) is 0 Å². The minimum Gasteiger partial charge on any atom is -1.00 e. The van der Waals surface area contributed by atoms with Gasteiger partial charge in [-0.2, -0.15) is 0 Å². The largest absolute Gasteiger partial charge is 1.00 e. The van der Waals surface area contributed by atoms with E-state index in [1.54, 1.807) is 0 Å². The van der Waals surface area contributed by atoms with Crippen molar-refractivity contribution in [2.75, 3.05) is 65.5 Å². The quantitative estimate of drug-likeness (QED) is 0.508. The van der Waals surface area contributed by atoms with E-state index in [2.05, 4.69) is 45.0 Å². The fourth-order valence-electron chi connectivity index (χ4n) is 4.23. The molecule has 1 aromatic carbocycles. The molecule has 4 rings (SSSR count). The highest BCUT2D eigenvalue weighted by Crippen LogP contribution is 2.49. The van der Waals surface area contributed by atoms with Crippen molar-refractivity contribution in [3.8, 4) is 0 Å². The average Bonchev–Trinajstić information content (AvgIpc) is 2.66. The molecule has 3 aliphatic heterocycles. The van der Waals surface area contributed by atoms with Crippen LogP contribution in [0.15, 0.2) is 30.3 Å². The van der Waals surface area contributed by atoms with E-state index in [9.17, 15) is 4.57 Å². The van der Waals surface area contributed by atoms with Crippen LogP contribution in [0.25, 0.3) is 0 Å². The Balaban J connectivity index is 0.00000196. The lowest BCUT2D eigenvalue weighted by Crippen LogP contribution is -3.00. The topological polar surface area (TPSA) is 44.8 Å². The van der Waals surface area contributed by atoms with Crippen LogP contribution in [0.4, 0.5) is 0 Å². The van der Waals surface area contributed by atoms with Gasteiger partial charge in [-0.05, 0) is 12.0 Å². The Morgan fingerprint density at radius 1 is 1.04 bits per heavy atom. The maximum Gasteiger partial charge on any atom is 0.343 e. The summed E-state index contributed by atoms with van der Waals surface area (Å²) < 4.78 is 21.8. The summed E-state index contributed by atoms with van der Waals surface area (Å²) in [7, 11) is -2.75. The Kier molecular flexibility index (Phi) is 6.78. The number of quaternary nitrogens is 1. The molecular weight excluding hydrogens is 371 g/mol. The van der Waals surface area contributed by atoms with Crippen molar-refractivity contribution in [2.45, 2.75) is 13.0 Å². The van der Waals surface area contributed by atoms with Gasteiger partial charge < -0.3 is 21.4 Å². The van der Waals surface area contributed by atoms with Gasteiger partial charge in [-0.3, -0.25) is 9.46 Å². The molecule has 0 amide bonds. The molecule has 1 N–H and O–H groups in total. The molecule has 1 unspecified atom stereocenters. The standard InChI is InChI=1S/C18H30N4O2P.ClH/c23-25(19-7-4-16-24-25)21-10-14-22(15-11-21)12-8-20(9-13-22)17-18-5-2-1-3-6-18;/h1-3,5-6H,4,7-17H2,(H,19,23);1H/q+1;/p-1. The molecule has 6 nitrogen and oxygen atoms in total. The third kappa shape index (κ3) is 4.50. The molecule has 1 spiro atoms. The molecule has 0 aliphatic carbocycles. The van der Waals surface area contributed by atoms with E-state index in [4.69, 9.17) is 4.52 Å². The fraction of sp³-hybridized carbons (Fsp3) is 0.667. The van der Waals surface area contributed by atoms with Crippen molar-refractivity contribution in [3.63, 3.8) is 0 Å². The first-order chi connectivity index (χ1) is 12.2. The summed E-state index contributed by atoms with van der Waals surface area (Å²) in [6, 6.07) is 10.7. The van der Waals surface area contributed by atoms with E-state index < -0.39 is 7.67 Å². The predicted octanol–water partition coefficient (Wildman–Crippen LogP) is -1.24. The van der Waals surface area contributed by atoms with Crippen LogP contribution in [0.3, 0.4) is 0 Å². The van der Waals surface area contributed by atoms with Crippen molar-refractivity contribution >= 4 is 7.67 Å². The molecule has 26 heavy (non-hydrogen) atoms. The number of benzene rings is 1. The molecule has 1 aromatic rings. The van der Waals surface area contributed by atoms with Gasteiger partial charge in [0.15, 0.2) is 0 Å². The maximum atomic E-state index is 12.9. The van der Waals surface area contributed by atoms with Gasteiger partial charge >= 0.3 is 7.67 Å². The summed E-state index contributed by atoms with van der Waals surface area (Å²) in [6.45, 7) is 11.1. The van der Waals surface area contributed by atoms with Crippen LogP contribution in [0.2, 0.25) is 0 Å². The highest BCUT2D eigenvalue weighted by molar-refractivity contribution is 7.54. The first kappa shape index (κ1) is 20.3. The van der Waals surface area contributed by atoms with E-state index in [-0.39, 0.29) is 12.4 Å². The third-order valence-corrected chi connectivity index (χ3v) is 8.27. The Morgan fingerprint density at radius 3 is 2.31 bits per heavy atom. The van der Waals surface area contributed by atoms with Gasteiger partial charge in [0.05, 0.1) is 45.9 Å². The molecule has 1 atom stereocenters. The number of piperazine rings is 2. The second kappa shape index (κ2) is 8.70. The molecule has 0 bridgehead atoms. The average molecular weight is 401 g/mol. The third-order valence-electron chi connectivity index (χ3n) is 5.97. The summed E-state index contributed by atoms with van der Waals surface area (Å²) in [4.78, 5) is 2.57. The zero-order valence-electron chi connectivity index (χ0n) is 15.4. The molecular formula is C18H30ClN4O2P. The van der Waals surface area contributed by atoms with Gasteiger partial charge in [0.1, 0.15) is 0 Å². The summed E-state index contributed by atoms with van der Waals surface area (Å²) in [5.41, 5.74) is 1.40. The SMILES string of the molecule is O=P1(N2CC[N+]3(CCN(Cc4ccccc4)CC3)CC2)NCCCO1.[Cl-]. The van der Waals surface area contributed by atoms with Crippen LogP contribution in [0.1, 0.15) is 12.0 Å². The molecule has 0 radical (unpaired) electrons. The van der Waals surface area contributed by atoms with Crippen LogP contribution in [-0.2, 0) is 15.6 Å². The number of nitrogens with one attached hydrogen (secondary N) is 1. The van der Waals surface area contributed by atoms with E-state index in [1.807, 2.05) is 0 Å². The molecule has 3 heterocycles. The first-order valence-electron chi connectivity index (χ1n) is 9.54. The Bertz CT molecular complexity index is 605. The molecule has 146 valence electrons. The maximum absolute atomic E-state index is 12.9. The molecule has 3 fully saturated rings. The lowest BCUT2D eigenvalue weighted by atomic mass is 10.1. The summed E-state index contributed by atoms with van der Waals surface area (Å²) in [5.74, 6) is 0. The van der Waals surface area contributed by atoms with E-state index >= 15 is 0 Å². The lowest BCUT2D eigenvalue weighted by molar-refractivity contribution is -0.935. The monoisotopic (exact) mass is 400 g/mol. The zero-order valence-corrected chi connectivity index (χ0v) is 17.0. The number of halogens is 1. The summed E-state index contributed by atoms with van der Waals surface area (Å²) >= 11 is 0. The van der Waals surface area contributed by atoms with Crippen LogP contribution >= 0.6 is 7.67 Å². The van der Waals surface area contributed by atoms with E-state index in [0.717, 1.165) is 58.8 Å². The molecule has 3 saturated heterocycles. The van der Waals surface area contributed by atoms with Crippen LogP contribution in [0, 0.1) is 0 Å². The number of hydrogen-bond donors (Lipinski definition) is 1. The van der Waals surface area contributed by atoms with Crippen molar-refractivity contribution in [1.29, 1.82) is 0 Å². The second-order valence-electron chi connectivity index (χ2n) is 7.57. The molecule has 0 aromatic heterocycles. The summed E-state index contributed by atoms with van der Waals surface area (Å²) in [6.07, 6.45) is 0.953. The van der Waals surface area contributed by atoms with Gasteiger partial charge in [-0.25, -0.2) is 9.76 Å². The van der Waals surface area contributed by atoms with Gasteiger partial charge in [0, 0.05) is 26.2 Å². The van der Waals surface area contributed by atoms with Crippen LogP contribution in [0.5, 0.6) is 0 Å². The van der Waals surface area contributed by atoms with Crippen molar-refractivity contribution < 1.29 is 26.0 Å². The van der Waals surface area contributed by atoms with Crippen LogP contribution < -0.4 is 17.5 Å². The predicted molar refractivity (Wildman–Crippen MR) is 99.2 cm³/mol. The van der Waals surface area contributed by atoms with Crippen molar-refractivity contribution in [2.24, 2.45) is 0 Å². The smallest absolute Gasteiger partial charge is 0.343 e. The second-order valence-corrected chi connectivity index (χ2v) is 9.75. The zero-order chi connectivity index (χ0) is 17.2.